The lowest BCUT2D eigenvalue weighted by Gasteiger charge is -2.20. The topological polar surface area (TPSA) is 28.2 Å². The van der Waals surface area contributed by atoms with Crippen molar-refractivity contribution >= 4 is 38.3 Å². The molecule has 0 saturated carbocycles. The molecular formula is C14H16ClN3S. The molecule has 100 valence electrons. The molecule has 2 fully saturated rings. The first-order valence-corrected chi connectivity index (χ1v) is 8.06. The third-order valence-electron chi connectivity index (χ3n) is 4.28. The molecule has 2 atom stereocenters. The molecule has 2 saturated heterocycles. The van der Waals surface area contributed by atoms with Gasteiger partial charge in [0.05, 0.1) is 15.2 Å². The molecule has 0 radical (unpaired) electrons. The highest BCUT2D eigenvalue weighted by atomic mass is 35.5. The molecule has 19 heavy (non-hydrogen) atoms. The first-order chi connectivity index (χ1) is 9.31. The number of nitrogens with zero attached hydrogens (tertiary/aromatic N) is 2. The maximum atomic E-state index is 6.21. The van der Waals surface area contributed by atoms with Crippen molar-refractivity contribution in [2.24, 2.45) is 0 Å². The van der Waals surface area contributed by atoms with Crippen LogP contribution < -0.4 is 5.32 Å². The molecule has 1 aromatic carbocycles. The second-order valence-electron chi connectivity index (χ2n) is 5.39. The number of benzene rings is 1. The smallest absolute Gasteiger partial charge is 0.184 e. The van der Waals surface area contributed by atoms with E-state index in [1.54, 1.807) is 11.3 Å². The highest BCUT2D eigenvalue weighted by molar-refractivity contribution is 7.22. The molecule has 0 aliphatic carbocycles. The van der Waals surface area contributed by atoms with E-state index in [0.717, 1.165) is 20.4 Å². The molecule has 2 unspecified atom stereocenters. The fraction of sp³-hybridized carbons (Fsp3) is 0.500. The molecule has 1 aromatic heterocycles. The van der Waals surface area contributed by atoms with Crippen molar-refractivity contribution in [1.82, 2.24) is 9.88 Å². The molecule has 5 heteroatoms. The number of nitrogens with one attached hydrogen (secondary N) is 1. The number of halogens is 1. The van der Waals surface area contributed by atoms with Crippen molar-refractivity contribution in [2.75, 3.05) is 18.4 Å². The summed E-state index contributed by atoms with van der Waals surface area (Å²) < 4.78 is 1.09. The van der Waals surface area contributed by atoms with E-state index in [1.165, 1.54) is 32.4 Å². The Kier molecular flexibility index (Phi) is 2.90. The monoisotopic (exact) mass is 293 g/mol. The van der Waals surface area contributed by atoms with E-state index >= 15 is 0 Å². The van der Waals surface area contributed by atoms with Crippen LogP contribution in [0.15, 0.2) is 18.2 Å². The Bertz CT molecular complexity index is 612. The Labute approximate surface area is 121 Å². The highest BCUT2D eigenvalue weighted by Gasteiger charge is 2.37. The molecule has 3 heterocycles. The average molecular weight is 294 g/mol. The van der Waals surface area contributed by atoms with Crippen molar-refractivity contribution in [3.63, 3.8) is 0 Å². The SMILES string of the molecule is Clc1cccc2nc(NC3CCN4CCCC34)sc12. The molecule has 0 spiro atoms. The summed E-state index contributed by atoms with van der Waals surface area (Å²) in [5.41, 5.74) is 1.00. The minimum Gasteiger partial charge on any atom is -0.357 e. The lowest BCUT2D eigenvalue weighted by molar-refractivity contribution is 0.318. The summed E-state index contributed by atoms with van der Waals surface area (Å²) >= 11 is 7.88. The zero-order chi connectivity index (χ0) is 12.8. The van der Waals surface area contributed by atoms with Crippen LogP contribution in [0.5, 0.6) is 0 Å². The van der Waals surface area contributed by atoms with Gasteiger partial charge in [-0.2, -0.15) is 0 Å². The molecule has 3 nitrogen and oxygen atoms in total. The van der Waals surface area contributed by atoms with E-state index < -0.39 is 0 Å². The summed E-state index contributed by atoms with van der Waals surface area (Å²) in [5.74, 6) is 0. The normalized spacial score (nSPS) is 27.0. The summed E-state index contributed by atoms with van der Waals surface area (Å²) in [6.45, 7) is 2.50. The van der Waals surface area contributed by atoms with Gasteiger partial charge in [0, 0.05) is 18.6 Å². The highest BCUT2D eigenvalue weighted by Crippen LogP contribution is 2.35. The van der Waals surface area contributed by atoms with E-state index in [-0.39, 0.29) is 0 Å². The Balaban J connectivity index is 1.60. The standard InChI is InChI=1S/C14H16ClN3S/c15-9-3-1-4-11-13(9)19-14(17-11)16-10-6-8-18-7-2-5-12(10)18/h1,3-4,10,12H,2,5-8H2,(H,16,17). The van der Waals surface area contributed by atoms with E-state index in [1.807, 2.05) is 18.2 Å². The molecule has 0 bridgehead atoms. The number of fused-ring (bicyclic) bond motifs is 2. The summed E-state index contributed by atoms with van der Waals surface area (Å²) in [7, 11) is 0. The maximum absolute atomic E-state index is 6.21. The van der Waals surface area contributed by atoms with E-state index in [9.17, 15) is 0 Å². The molecule has 2 aliphatic rings. The maximum Gasteiger partial charge on any atom is 0.184 e. The third kappa shape index (κ3) is 2.02. The van der Waals surface area contributed by atoms with Gasteiger partial charge < -0.3 is 5.32 Å². The molecule has 1 N–H and O–H groups in total. The van der Waals surface area contributed by atoms with Crippen LogP contribution in [0.3, 0.4) is 0 Å². The zero-order valence-electron chi connectivity index (χ0n) is 10.6. The number of aromatic nitrogens is 1. The van der Waals surface area contributed by atoms with Crippen LogP contribution in [0, 0.1) is 0 Å². The summed E-state index contributed by atoms with van der Waals surface area (Å²) in [4.78, 5) is 7.26. The Morgan fingerprint density at radius 2 is 2.26 bits per heavy atom. The van der Waals surface area contributed by atoms with E-state index in [4.69, 9.17) is 11.6 Å². The van der Waals surface area contributed by atoms with Gasteiger partial charge in [0.25, 0.3) is 0 Å². The van der Waals surface area contributed by atoms with Crippen LogP contribution >= 0.6 is 22.9 Å². The lowest BCUT2D eigenvalue weighted by Crippen LogP contribution is -2.33. The van der Waals surface area contributed by atoms with Gasteiger partial charge in [-0.3, -0.25) is 4.90 Å². The fourth-order valence-corrected chi connectivity index (χ4v) is 4.60. The average Bonchev–Trinajstić information content (AvgIpc) is 3.07. The molecule has 2 aliphatic heterocycles. The summed E-state index contributed by atoms with van der Waals surface area (Å²) in [6.07, 6.45) is 3.90. The number of rotatable bonds is 2. The molecule has 2 aromatic rings. The van der Waals surface area contributed by atoms with Gasteiger partial charge >= 0.3 is 0 Å². The number of anilines is 1. The van der Waals surface area contributed by atoms with Gasteiger partial charge in [0.2, 0.25) is 0 Å². The zero-order valence-corrected chi connectivity index (χ0v) is 12.2. The van der Waals surface area contributed by atoms with Gasteiger partial charge in [-0.05, 0) is 37.9 Å². The molecule has 0 amide bonds. The van der Waals surface area contributed by atoms with Crippen molar-refractivity contribution in [2.45, 2.75) is 31.3 Å². The second-order valence-corrected chi connectivity index (χ2v) is 6.80. The lowest BCUT2D eigenvalue weighted by atomic mass is 10.1. The number of hydrogen-bond acceptors (Lipinski definition) is 4. The van der Waals surface area contributed by atoms with Gasteiger partial charge in [0.15, 0.2) is 5.13 Å². The fourth-order valence-electron chi connectivity index (χ4n) is 3.39. The van der Waals surface area contributed by atoms with Crippen molar-refractivity contribution in [3.05, 3.63) is 23.2 Å². The minimum absolute atomic E-state index is 0.557. The van der Waals surface area contributed by atoms with Gasteiger partial charge in [-0.1, -0.05) is 29.0 Å². The van der Waals surface area contributed by atoms with Crippen LogP contribution in [0.4, 0.5) is 5.13 Å². The van der Waals surface area contributed by atoms with Gasteiger partial charge in [-0.15, -0.1) is 0 Å². The first kappa shape index (κ1) is 11.9. The quantitative estimate of drug-likeness (QED) is 0.917. The Hall–Kier alpha value is -0.840. The van der Waals surface area contributed by atoms with Crippen LogP contribution in [0.25, 0.3) is 10.2 Å². The van der Waals surface area contributed by atoms with Gasteiger partial charge in [0.1, 0.15) is 0 Å². The Morgan fingerprint density at radius 1 is 1.32 bits per heavy atom. The predicted molar refractivity (Wildman–Crippen MR) is 81.3 cm³/mol. The van der Waals surface area contributed by atoms with Gasteiger partial charge in [-0.25, -0.2) is 4.98 Å². The van der Waals surface area contributed by atoms with Crippen molar-refractivity contribution < 1.29 is 0 Å². The number of hydrogen-bond donors (Lipinski definition) is 1. The van der Waals surface area contributed by atoms with Crippen molar-refractivity contribution in [3.8, 4) is 0 Å². The third-order valence-corrected chi connectivity index (χ3v) is 5.74. The Morgan fingerprint density at radius 3 is 3.16 bits per heavy atom. The van der Waals surface area contributed by atoms with Crippen molar-refractivity contribution in [1.29, 1.82) is 0 Å². The molecular weight excluding hydrogens is 278 g/mol. The van der Waals surface area contributed by atoms with Crippen LogP contribution in [0.1, 0.15) is 19.3 Å². The summed E-state index contributed by atoms with van der Waals surface area (Å²) in [6, 6.07) is 7.19. The first-order valence-electron chi connectivity index (χ1n) is 6.87. The number of thiazole rings is 1. The summed E-state index contributed by atoms with van der Waals surface area (Å²) in [5, 5.41) is 5.45. The predicted octanol–water partition coefficient (Wildman–Crippen LogP) is 3.60. The van der Waals surface area contributed by atoms with Crippen LogP contribution in [-0.4, -0.2) is 35.1 Å². The van der Waals surface area contributed by atoms with Crippen LogP contribution in [-0.2, 0) is 0 Å². The van der Waals surface area contributed by atoms with Crippen LogP contribution in [0.2, 0.25) is 5.02 Å². The van der Waals surface area contributed by atoms with E-state index in [2.05, 4.69) is 15.2 Å². The molecule has 4 rings (SSSR count). The van der Waals surface area contributed by atoms with E-state index in [0.29, 0.717) is 12.1 Å². The minimum atomic E-state index is 0.557. The second kappa shape index (κ2) is 4.62. The largest absolute Gasteiger partial charge is 0.357 e.